The highest BCUT2D eigenvalue weighted by molar-refractivity contribution is 8.15. The lowest BCUT2D eigenvalue weighted by atomic mass is 10.2. The zero-order valence-corrected chi connectivity index (χ0v) is 16.2. The number of carbonyl (C=O) groups excluding carboxylic acids is 2. The molecule has 0 saturated carbocycles. The van der Waals surface area contributed by atoms with Crippen LogP contribution >= 0.6 is 35.0 Å². The molecule has 2 aromatic carbocycles. The van der Waals surface area contributed by atoms with Gasteiger partial charge in [-0.1, -0.05) is 59.2 Å². The smallest absolute Gasteiger partial charge is 0.240 e. The maximum absolute atomic E-state index is 12.1. The third-order valence-electron chi connectivity index (χ3n) is 3.51. The fraction of sp³-hybridized carbons (Fsp3) is 0.111. The van der Waals surface area contributed by atoms with E-state index in [0.717, 1.165) is 11.8 Å². The Bertz CT molecular complexity index is 919. The first-order valence-electron chi connectivity index (χ1n) is 7.90. The molecule has 9 heteroatoms. The Hall–Kier alpha value is -2.35. The number of amidine groups is 1. The van der Waals surface area contributed by atoms with Crippen LogP contribution in [0.5, 0.6) is 0 Å². The molecule has 138 valence electrons. The van der Waals surface area contributed by atoms with E-state index in [4.69, 9.17) is 23.2 Å². The van der Waals surface area contributed by atoms with Crippen molar-refractivity contribution < 1.29 is 9.59 Å². The Balaban J connectivity index is 1.57. The Morgan fingerprint density at radius 3 is 2.74 bits per heavy atom. The molecule has 0 radical (unpaired) electrons. The van der Waals surface area contributed by atoms with E-state index in [2.05, 4.69) is 20.8 Å². The van der Waals surface area contributed by atoms with E-state index in [0.29, 0.717) is 26.5 Å². The minimum atomic E-state index is -0.554. The van der Waals surface area contributed by atoms with E-state index in [1.807, 2.05) is 18.2 Å². The van der Waals surface area contributed by atoms with Crippen LogP contribution in [-0.2, 0) is 9.59 Å². The van der Waals surface area contributed by atoms with Gasteiger partial charge in [-0.3, -0.25) is 9.59 Å². The molecule has 0 spiro atoms. The van der Waals surface area contributed by atoms with E-state index in [-0.39, 0.29) is 18.2 Å². The number of carbonyl (C=O) groups is 2. The average Bonchev–Trinajstić information content (AvgIpc) is 2.97. The van der Waals surface area contributed by atoms with Crippen molar-refractivity contribution >= 4 is 63.8 Å². The van der Waals surface area contributed by atoms with Gasteiger partial charge in [-0.25, -0.2) is 0 Å². The molecule has 2 aromatic rings. The number of thioether (sulfide) groups is 1. The van der Waals surface area contributed by atoms with Gasteiger partial charge >= 0.3 is 0 Å². The summed E-state index contributed by atoms with van der Waals surface area (Å²) in [4.78, 5) is 24.1. The van der Waals surface area contributed by atoms with Crippen molar-refractivity contribution in [2.24, 2.45) is 10.2 Å². The van der Waals surface area contributed by atoms with Gasteiger partial charge in [0.1, 0.15) is 5.25 Å². The molecule has 2 N–H and O–H groups in total. The summed E-state index contributed by atoms with van der Waals surface area (Å²) >= 11 is 13.1. The van der Waals surface area contributed by atoms with Crippen molar-refractivity contribution in [3.63, 3.8) is 0 Å². The monoisotopic (exact) mass is 420 g/mol. The Morgan fingerprint density at radius 1 is 1.22 bits per heavy atom. The van der Waals surface area contributed by atoms with Crippen molar-refractivity contribution in [3.8, 4) is 0 Å². The zero-order valence-electron chi connectivity index (χ0n) is 13.9. The Labute approximate surface area is 170 Å². The second-order valence-electron chi connectivity index (χ2n) is 5.53. The molecule has 0 bridgehead atoms. The van der Waals surface area contributed by atoms with E-state index < -0.39 is 5.25 Å². The third kappa shape index (κ3) is 5.56. The fourth-order valence-electron chi connectivity index (χ4n) is 2.24. The van der Waals surface area contributed by atoms with Gasteiger partial charge in [0.05, 0.1) is 11.2 Å². The van der Waals surface area contributed by atoms with Crippen molar-refractivity contribution in [1.29, 1.82) is 0 Å². The van der Waals surface area contributed by atoms with Gasteiger partial charge in [0.25, 0.3) is 0 Å². The van der Waals surface area contributed by atoms with Gasteiger partial charge in [-0.05, 0) is 24.3 Å². The van der Waals surface area contributed by atoms with Crippen LogP contribution in [0.25, 0.3) is 0 Å². The number of halogens is 2. The molecule has 1 atom stereocenters. The zero-order chi connectivity index (χ0) is 19.2. The number of anilines is 1. The number of nitrogens with one attached hydrogen (secondary N) is 2. The van der Waals surface area contributed by atoms with Crippen LogP contribution in [0.15, 0.2) is 58.7 Å². The SMILES string of the molecule is O=C(CC1S/C(=N/N=Cc2ccc(Cl)cc2Cl)NC1=O)Nc1ccccc1. The van der Waals surface area contributed by atoms with E-state index >= 15 is 0 Å². The first-order chi connectivity index (χ1) is 13.0. The molecule has 1 aliphatic rings. The molecule has 0 aromatic heterocycles. The van der Waals surface area contributed by atoms with Crippen LogP contribution in [0.1, 0.15) is 12.0 Å². The highest BCUT2D eigenvalue weighted by Gasteiger charge is 2.32. The van der Waals surface area contributed by atoms with Crippen molar-refractivity contribution in [2.75, 3.05) is 5.32 Å². The molecule has 1 heterocycles. The first-order valence-corrected chi connectivity index (χ1v) is 9.53. The average molecular weight is 421 g/mol. The van der Waals surface area contributed by atoms with Crippen LogP contribution in [0, 0.1) is 0 Å². The summed E-state index contributed by atoms with van der Waals surface area (Å²) in [5, 5.41) is 14.0. The van der Waals surface area contributed by atoms with E-state index in [9.17, 15) is 9.59 Å². The summed E-state index contributed by atoms with van der Waals surface area (Å²) in [5.74, 6) is -0.520. The summed E-state index contributed by atoms with van der Waals surface area (Å²) in [6, 6.07) is 14.1. The Morgan fingerprint density at radius 2 is 2.00 bits per heavy atom. The van der Waals surface area contributed by atoms with Gasteiger partial charge in [-0.15, -0.1) is 5.10 Å². The molecule has 1 fully saturated rings. The predicted octanol–water partition coefficient (Wildman–Crippen LogP) is 3.94. The standard InChI is InChI=1S/C18H14Cl2N4O2S/c19-12-7-6-11(14(20)8-12)10-21-24-18-23-17(26)15(27-18)9-16(25)22-13-4-2-1-3-5-13/h1-8,10,15H,9H2,(H,22,25)(H,23,24,26). The first kappa shape index (κ1) is 19.4. The number of rotatable bonds is 5. The Kier molecular flexibility index (Phi) is 6.49. The molecule has 6 nitrogen and oxygen atoms in total. The molecular formula is C18H14Cl2N4O2S. The molecule has 1 aliphatic heterocycles. The predicted molar refractivity (Wildman–Crippen MR) is 111 cm³/mol. The highest BCUT2D eigenvalue weighted by atomic mass is 35.5. The summed E-state index contributed by atoms with van der Waals surface area (Å²) in [6.45, 7) is 0. The molecule has 3 rings (SSSR count). The number of amides is 2. The maximum atomic E-state index is 12.1. The van der Waals surface area contributed by atoms with Crippen molar-refractivity contribution in [1.82, 2.24) is 5.32 Å². The van der Waals surface area contributed by atoms with Gasteiger partial charge in [0.15, 0.2) is 5.17 Å². The summed E-state index contributed by atoms with van der Waals surface area (Å²) < 4.78 is 0. The maximum Gasteiger partial charge on any atom is 0.240 e. The van der Waals surface area contributed by atoms with Gasteiger partial charge in [0.2, 0.25) is 11.8 Å². The number of para-hydroxylation sites is 1. The number of nitrogens with zero attached hydrogens (tertiary/aromatic N) is 2. The lowest BCUT2D eigenvalue weighted by Gasteiger charge is -2.06. The molecule has 1 unspecified atom stereocenters. The second-order valence-corrected chi connectivity index (χ2v) is 7.56. The van der Waals surface area contributed by atoms with Crippen LogP contribution in [0.3, 0.4) is 0 Å². The molecule has 2 amide bonds. The minimum Gasteiger partial charge on any atom is -0.326 e. The van der Waals surface area contributed by atoms with E-state index in [1.165, 1.54) is 6.21 Å². The molecule has 1 saturated heterocycles. The lowest BCUT2D eigenvalue weighted by molar-refractivity contribution is -0.122. The molecular weight excluding hydrogens is 407 g/mol. The van der Waals surface area contributed by atoms with Crippen LogP contribution in [0.2, 0.25) is 10.0 Å². The summed E-state index contributed by atoms with van der Waals surface area (Å²) in [5.41, 5.74) is 1.34. The minimum absolute atomic E-state index is 0.0388. The van der Waals surface area contributed by atoms with Crippen LogP contribution in [-0.4, -0.2) is 28.4 Å². The number of hydrogen-bond acceptors (Lipinski definition) is 5. The molecule has 0 aliphatic carbocycles. The van der Waals surface area contributed by atoms with Crippen LogP contribution < -0.4 is 10.6 Å². The summed E-state index contributed by atoms with van der Waals surface area (Å²) in [6.07, 6.45) is 1.50. The van der Waals surface area contributed by atoms with E-state index in [1.54, 1.807) is 30.3 Å². The van der Waals surface area contributed by atoms with Crippen molar-refractivity contribution in [2.45, 2.75) is 11.7 Å². The van der Waals surface area contributed by atoms with Gasteiger partial charge < -0.3 is 10.6 Å². The highest BCUT2D eigenvalue weighted by Crippen LogP contribution is 2.23. The topological polar surface area (TPSA) is 82.9 Å². The number of benzene rings is 2. The van der Waals surface area contributed by atoms with Crippen LogP contribution in [0.4, 0.5) is 5.69 Å². The summed E-state index contributed by atoms with van der Waals surface area (Å²) in [7, 11) is 0. The third-order valence-corrected chi connectivity index (χ3v) is 5.15. The normalized spacial score (nSPS) is 18.1. The van der Waals surface area contributed by atoms with Gasteiger partial charge in [-0.2, -0.15) is 5.10 Å². The molecule has 27 heavy (non-hydrogen) atoms. The largest absolute Gasteiger partial charge is 0.326 e. The van der Waals surface area contributed by atoms with Gasteiger partial charge in [0, 0.05) is 22.7 Å². The fourth-order valence-corrected chi connectivity index (χ4v) is 3.62. The second kappa shape index (κ2) is 9.03. The number of hydrogen-bond donors (Lipinski definition) is 2. The quantitative estimate of drug-likeness (QED) is 0.567. The lowest BCUT2D eigenvalue weighted by Crippen LogP contribution is -2.28. The van der Waals surface area contributed by atoms with Crippen molar-refractivity contribution in [3.05, 3.63) is 64.1 Å².